The van der Waals surface area contributed by atoms with Gasteiger partial charge in [-0.2, -0.15) is 23.0 Å². The number of halogens is 3. The minimum absolute atomic E-state index is 0.248. The number of nitrogens with zero attached hydrogens (tertiary/aromatic N) is 5. The standard InChI is InChI=1S/C20H25F3N6O/c21-20(22,23)16-9-15(10-18(11-16)27-3-1-2-4-27)13-26-5-7-28(8-6-26)19(30)29-14-17(24)12-25-29/h9-12,14H,1-8,13,24H2. The van der Waals surface area contributed by atoms with Crippen LogP contribution in [0.3, 0.4) is 0 Å². The molecule has 0 aliphatic carbocycles. The van der Waals surface area contributed by atoms with E-state index in [4.69, 9.17) is 5.73 Å². The van der Waals surface area contributed by atoms with Crippen molar-refractivity contribution in [2.24, 2.45) is 0 Å². The van der Waals surface area contributed by atoms with E-state index in [1.54, 1.807) is 4.90 Å². The largest absolute Gasteiger partial charge is 0.416 e. The predicted molar refractivity (Wildman–Crippen MR) is 107 cm³/mol. The summed E-state index contributed by atoms with van der Waals surface area (Å²) in [6.07, 6.45) is 0.519. The van der Waals surface area contributed by atoms with E-state index in [0.29, 0.717) is 49.7 Å². The molecule has 162 valence electrons. The Kier molecular flexibility index (Phi) is 5.59. The molecule has 3 heterocycles. The Morgan fingerprint density at radius 1 is 1.03 bits per heavy atom. The first-order chi connectivity index (χ1) is 14.3. The fraction of sp³-hybridized carbons (Fsp3) is 0.500. The maximum absolute atomic E-state index is 13.4. The molecule has 2 aromatic rings. The third kappa shape index (κ3) is 4.53. The summed E-state index contributed by atoms with van der Waals surface area (Å²) in [7, 11) is 0. The van der Waals surface area contributed by atoms with E-state index < -0.39 is 11.7 Å². The minimum Gasteiger partial charge on any atom is -0.396 e. The van der Waals surface area contributed by atoms with Gasteiger partial charge in [-0.3, -0.25) is 4.90 Å². The van der Waals surface area contributed by atoms with Crippen molar-refractivity contribution < 1.29 is 18.0 Å². The maximum atomic E-state index is 13.4. The molecule has 4 rings (SSSR count). The fourth-order valence-electron chi connectivity index (χ4n) is 4.03. The van der Waals surface area contributed by atoms with Gasteiger partial charge in [0.1, 0.15) is 0 Å². The first-order valence-electron chi connectivity index (χ1n) is 10.1. The number of piperazine rings is 1. The quantitative estimate of drug-likeness (QED) is 0.824. The Labute approximate surface area is 172 Å². The topological polar surface area (TPSA) is 70.6 Å². The van der Waals surface area contributed by atoms with Crippen LogP contribution in [0, 0.1) is 0 Å². The zero-order valence-corrected chi connectivity index (χ0v) is 16.6. The molecule has 2 fully saturated rings. The van der Waals surface area contributed by atoms with Gasteiger partial charge in [-0.05, 0) is 36.6 Å². The summed E-state index contributed by atoms with van der Waals surface area (Å²) in [5.41, 5.74) is 6.71. The summed E-state index contributed by atoms with van der Waals surface area (Å²) in [4.78, 5) is 18.2. The Bertz CT molecular complexity index is 898. The number of rotatable bonds is 3. The smallest absolute Gasteiger partial charge is 0.396 e. The molecule has 10 heteroatoms. The zero-order valence-electron chi connectivity index (χ0n) is 16.6. The number of benzene rings is 1. The number of hydrogen-bond donors (Lipinski definition) is 1. The van der Waals surface area contributed by atoms with Gasteiger partial charge >= 0.3 is 12.2 Å². The highest BCUT2D eigenvalue weighted by Gasteiger charge is 2.32. The summed E-state index contributed by atoms with van der Waals surface area (Å²) < 4.78 is 41.5. The molecule has 0 unspecified atom stereocenters. The van der Waals surface area contributed by atoms with Crippen molar-refractivity contribution in [1.82, 2.24) is 19.6 Å². The van der Waals surface area contributed by atoms with Gasteiger partial charge in [0, 0.05) is 51.5 Å². The second-order valence-corrected chi connectivity index (χ2v) is 7.84. The van der Waals surface area contributed by atoms with Gasteiger partial charge in [0.25, 0.3) is 0 Å². The normalized spacial score (nSPS) is 18.2. The molecule has 1 aromatic carbocycles. The van der Waals surface area contributed by atoms with Gasteiger partial charge in [-0.1, -0.05) is 0 Å². The highest BCUT2D eigenvalue weighted by molar-refractivity contribution is 5.76. The van der Waals surface area contributed by atoms with Crippen molar-refractivity contribution in [1.29, 1.82) is 0 Å². The second-order valence-electron chi connectivity index (χ2n) is 7.84. The molecule has 30 heavy (non-hydrogen) atoms. The van der Waals surface area contributed by atoms with Crippen LogP contribution in [0.25, 0.3) is 0 Å². The SMILES string of the molecule is Nc1cnn(C(=O)N2CCN(Cc3cc(N4CCCC4)cc(C(F)(F)F)c3)CC2)c1. The molecule has 0 bridgehead atoms. The molecule has 2 N–H and O–H groups in total. The van der Waals surface area contributed by atoms with Crippen LogP contribution in [0.4, 0.5) is 29.3 Å². The van der Waals surface area contributed by atoms with Crippen LogP contribution >= 0.6 is 0 Å². The van der Waals surface area contributed by atoms with Gasteiger partial charge in [-0.25, -0.2) is 4.79 Å². The highest BCUT2D eigenvalue weighted by atomic mass is 19.4. The van der Waals surface area contributed by atoms with Gasteiger partial charge < -0.3 is 15.5 Å². The van der Waals surface area contributed by atoms with Crippen molar-refractivity contribution in [2.75, 3.05) is 49.9 Å². The molecule has 7 nitrogen and oxygen atoms in total. The number of anilines is 2. The maximum Gasteiger partial charge on any atom is 0.416 e. The van der Waals surface area contributed by atoms with Crippen molar-refractivity contribution >= 4 is 17.4 Å². The third-order valence-electron chi connectivity index (χ3n) is 5.62. The summed E-state index contributed by atoms with van der Waals surface area (Å²) >= 11 is 0. The molecule has 0 atom stereocenters. The predicted octanol–water partition coefficient (Wildman–Crippen LogP) is 2.87. The van der Waals surface area contributed by atoms with Gasteiger partial charge in [-0.15, -0.1) is 0 Å². The third-order valence-corrected chi connectivity index (χ3v) is 5.62. The van der Waals surface area contributed by atoms with Crippen molar-refractivity contribution in [2.45, 2.75) is 25.6 Å². The highest BCUT2D eigenvalue weighted by Crippen LogP contribution is 2.34. The summed E-state index contributed by atoms with van der Waals surface area (Å²) in [5.74, 6) is 0. The van der Waals surface area contributed by atoms with Crippen LogP contribution in [0.5, 0.6) is 0 Å². The number of amides is 1. The number of carbonyl (C=O) groups is 1. The van der Waals surface area contributed by atoms with Crippen LogP contribution in [0.1, 0.15) is 24.0 Å². The molecule has 1 amide bonds. The number of nitrogens with two attached hydrogens (primary N) is 1. The van der Waals surface area contributed by atoms with Crippen molar-refractivity contribution in [3.05, 3.63) is 41.7 Å². The number of alkyl halides is 3. The van der Waals surface area contributed by atoms with Crippen LogP contribution in [0.15, 0.2) is 30.6 Å². The monoisotopic (exact) mass is 422 g/mol. The number of carbonyl (C=O) groups excluding carboxylic acids is 1. The number of nitrogen functional groups attached to an aromatic ring is 1. The molecule has 2 saturated heterocycles. The fourth-order valence-corrected chi connectivity index (χ4v) is 4.03. The van der Waals surface area contributed by atoms with Crippen LogP contribution in [-0.4, -0.2) is 64.9 Å². The molecule has 0 radical (unpaired) electrons. The summed E-state index contributed by atoms with van der Waals surface area (Å²) in [5, 5.41) is 3.93. The van der Waals surface area contributed by atoms with E-state index in [2.05, 4.69) is 10.00 Å². The number of hydrogen-bond acceptors (Lipinski definition) is 5. The summed E-state index contributed by atoms with van der Waals surface area (Å²) in [6.45, 7) is 4.13. The van der Waals surface area contributed by atoms with Gasteiger partial charge in [0.05, 0.1) is 23.6 Å². The van der Waals surface area contributed by atoms with E-state index in [1.165, 1.54) is 29.2 Å². The van der Waals surface area contributed by atoms with E-state index in [1.807, 2.05) is 11.0 Å². The zero-order chi connectivity index (χ0) is 21.3. The van der Waals surface area contributed by atoms with Gasteiger partial charge in [0.15, 0.2) is 0 Å². The minimum atomic E-state index is -4.37. The Hall–Kier alpha value is -2.75. The second kappa shape index (κ2) is 8.17. The Morgan fingerprint density at radius 2 is 1.73 bits per heavy atom. The lowest BCUT2D eigenvalue weighted by Crippen LogP contribution is -2.49. The lowest BCUT2D eigenvalue weighted by molar-refractivity contribution is -0.137. The van der Waals surface area contributed by atoms with E-state index in [9.17, 15) is 18.0 Å². The lowest BCUT2D eigenvalue weighted by atomic mass is 10.1. The molecular weight excluding hydrogens is 397 g/mol. The lowest BCUT2D eigenvalue weighted by Gasteiger charge is -2.34. The van der Waals surface area contributed by atoms with Crippen molar-refractivity contribution in [3.8, 4) is 0 Å². The first-order valence-corrected chi connectivity index (χ1v) is 10.1. The molecular formula is C20H25F3N6O. The molecule has 0 spiro atoms. The Balaban J connectivity index is 1.43. The average molecular weight is 422 g/mol. The average Bonchev–Trinajstić information content (AvgIpc) is 3.39. The molecule has 1 aromatic heterocycles. The summed E-state index contributed by atoms with van der Waals surface area (Å²) in [6, 6.07) is 4.11. The molecule has 2 aliphatic heterocycles. The molecule has 0 saturated carbocycles. The Morgan fingerprint density at radius 3 is 2.33 bits per heavy atom. The van der Waals surface area contributed by atoms with E-state index in [-0.39, 0.29) is 6.03 Å². The van der Waals surface area contributed by atoms with Gasteiger partial charge in [0.2, 0.25) is 0 Å². The molecule has 2 aliphatic rings. The van der Waals surface area contributed by atoms with E-state index in [0.717, 1.165) is 25.9 Å². The van der Waals surface area contributed by atoms with Crippen LogP contribution in [-0.2, 0) is 12.7 Å². The van der Waals surface area contributed by atoms with Crippen LogP contribution in [0.2, 0.25) is 0 Å². The first kappa shape index (κ1) is 20.5. The van der Waals surface area contributed by atoms with E-state index >= 15 is 0 Å². The van der Waals surface area contributed by atoms with Crippen LogP contribution < -0.4 is 10.6 Å². The van der Waals surface area contributed by atoms with Crippen molar-refractivity contribution in [3.63, 3.8) is 0 Å². The number of aromatic nitrogens is 2.